The first-order valence-corrected chi connectivity index (χ1v) is 8.19. The van der Waals surface area contributed by atoms with Gasteiger partial charge < -0.3 is 20.1 Å². The van der Waals surface area contributed by atoms with Crippen molar-refractivity contribution in [1.29, 1.82) is 0 Å². The molecule has 0 radical (unpaired) electrons. The summed E-state index contributed by atoms with van der Waals surface area (Å²) in [6.45, 7) is 2.87. The lowest BCUT2D eigenvalue weighted by atomic mass is 10.1. The molecule has 1 atom stereocenters. The third kappa shape index (κ3) is 3.86. The van der Waals surface area contributed by atoms with E-state index in [4.69, 9.17) is 4.74 Å². The molecule has 0 aliphatic carbocycles. The predicted octanol–water partition coefficient (Wildman–Crippen LogP) is 2.45. The first-order chi connectivity index (χ1) is 11.7. The van der Waals surface area contributed by atoms with Gasteiger partial charge in [-0.1, -0.05) is 31.2 Å². The van der Waals surface area contributed by atoms with E-state index in [0.717, 1.165) is 23.5 Å². The molecule has 1 amide bonds. The molecule has 2 N–H and O–H groups in total. The highest BCUT2D eigenvalue weighted by atomic mass is 16.5. The predicted molar refractivity (Wildman–Crippen MR) is 94.6 cm³/mol. The van der Waals surface area contributed by atoms with E-state index in [1.165, 1.54) is 5.56 Å². The van der Waals surface area contributed by atoms with Crippen LogP contribution in [0.4, 0.5) is 11.4 Å². The molecule has 0 fully saturated rings. The molecular formula is C19H22N2O3. The maximum atomic E-state index is 11.8. The zero-order valence-electron chi connectivity index (χ0n) is 13.7. The van der Waals surface area contributed by atoms with E-state index in [1.807, 2.05) is 53.4 Å². The number of rotatable bonds is 6. The Morgan fingerprint density at radius 2 is 1.96 bits per heavy atom. The number of nitrogens with one attached hydrogen (secondary N) is 1. The molecule has 3 rings (SSSR count). The van der Waals surface area contributed by atoms with Crippen molar-refractivity contribution in [2.75, 3.05) is 29.9 Å². The molecular weight excluding hydrogens is 304 g/mol. The third-order valence-electron chi connectivity index (χ3n) is 4.06. The van der Waals surface area contributed by atoms with Gasteiger partial charge in [0.1, 0.15) is 18.5 Å². The second-order valence-electron chi connectivity index (χ2n) is 5.91. The minimum Gasteiger partial charge on any atom is -0.491 e. The Labute approximate surface area is 141 Å². The number of para-hydroxylation sites is 2. The highest BCUT2D eigenvalue weighted by molar-refractivity contribution is 6.01. The molecule has 24 heavy (non-hydrogen) atoms. The van der Waals surface area contributed by atoms with Crippen LogP contribution >= 0.6 is 0 Å². The van der Waals surface area contributed by atoms with Gasteiger partial charge in [0.15, 0.2) is 0 Å². The van der Waals surface area contributed by atoms with Crippen molar-refractivity contribution in [2.24, 2.45) is 0 Å². The van der Waals surface area contributed by atoms with Crippen LogP contribution in [-0.2, 0) is 11.2 Å². The summed E-state index contributed by atoms with van der Waals surface area (Å²) in [5, 5.41) is 13.1. The number of ether oxygens (including phenoxy) is 1. The number of β-amino-alcohol motifs (C(OH)–C–C–N with tert-alkyl or cyclic N) is 1. The van der Waals surface area contributed by atoms with Gasteiger partial charge in [-0.05, 0) is 36.2 Å². The summed E-state index contributed by atoms with van der Waals surface area (Å²) in [5.41, 5.74) is 2.94. The highest BCUT2D eigenvalue weighted by Gasteiger charge is 2.23. The van der Waals surface area contributed by atoms with Crippen molar-refractivity contribution in [3.63, 3.8) is 0 Å². The summed E-state index contributed by atoms with van der Waals surface area (Å²) in [5.74, 6) is 0.667. The summed E-state index contributed by atoms with van der Waals surface area (Å²) < 4.78 is 5.65. The average Bonchev–Trinajstić information content (AvgIpc) is 2.60. The second-order valence-corrected chi connectivity index (χ2v) is 5.91. The molecule has 2 aromatic rings. The zero-order valence-corrected chi connectivity index (χ0v) is 13.7. The Kier molecular flexibility index (Phi) is 5.01. The van der Waals surface area contributed by atoms with Crippen molar-refractivity contribution in [3.05, 3.63) is 54.1 Å². The van der Waals surface area contributed by atoms with Gasteiger partial charge in [-0.2, -0.15) is 0 Å². The number of fused-ring (bicyclic) bond motifs is 1. The fourth-order valence-corrected chi connectivity index (χ4v) is 2.79. The molecule has 0 saturated carbocycles. The number of aliphatic hydroxyl groups is 1. The number of hydrogen-bond acceptors (Lipinski definition) is 4. The second kappa shape index (κ2) is 7.36. The summed E-state index contributed by atoms with van der Waals surface area (Å²) in [6.07, 6.45) is 0.300. The van der Waals surface area contributed by atoms with Gasteiger partial charge in [0, 0.05) is 6.54 Å². The van der Waals surface area contributed by atoms with Gasteiger partial charge in [-0.3, -0.25) is 4.79 Å². The molecule has 1 aliphatic rings. The van der Waals surface area contributed by atoms with Crippen molar-refractivity contribution in [3.8, 4) is 5.75 Å². The average molecular weight is 326 g/mol. The van der Waals surface area contributed by atoms with Crippen molar-refractivity contribution >= 4 is 17.3 Å². The number of aliphatic hydroxyl groups excluding tert-OH is 1. The largest absolute Gasteiger partial charge is 0.491 e. The Bertz CT molecular complexity index is 700. The van der Waals surface area contributed by atoms with Crippen molar-refractivity contribution in [2.45, 2.75) is 19.4 Å². The van der Waals surface area contributed by atoms with Crippen LogP contribution in [0.2, 0.25) is 0 Å². The lowest BCUT2D eigenvalue weighted by molar-refractivity contribution is -0.115. The summed E-state index contributed by atoms with van der Waals surface area (Å²) >= 11 is 0. The zero-order chi connectivity index (χ0) is 16.9. The molecule has 0 aromatic heterocycles. The molecule has 1 heterocycles. The molecule has 0 saturated heterocycles. The quantitative estimate of drug-likeness (QED) is 0.856. The number of nitrogens with zero attached hydrogens (tertiary/aromatic N) is 1. The normalized spacial score (nSPS) is 14.8. The molecule has 0 unspecified atom stereocenters. The Hall–Kier alpha value is -2.53. The SMILES string of the molecule is CCc1ccc(OC[C@@H](O)CN2CC(=O)Nc3ccccc32)cc1. The number of benzene rings is 2. The molecule has 5 heteroatoms. The van der Waals surface area contributed by atoms with Crippen LogP contribution in [0.25, 0.3) is 0 Å². The lowest BCUT2D eigenvalue weighted by Crippen LogP contribution is -2.43. The number of aryl methyl sites for hydroxylation is 1. The number of carbonyl (C=O) groups is 1. The fraction of sp³-hybridized carbons (Fsp3) is 0.316. The smallest absolute Gasteiger partial charge is 0.243 e. The van der Waals surface area contributed by atoms with E-state index in [9.17, 15) is 9.90 Å². The summed E-state index contributed by atoms with van der Waals surface area (Å²) in [7, 11) is 0. The maximum Gasteiger partial charge on any atom is 0.243 e. The number of carbonyl (C=O) groups excluding carboxylic acids is 1. The molecule has 1 aliphatic heterocycles. The molecule has 126 valence electrons. The van der Waals surface area contributed by atoms with E-state index >= 15 is 0 Å². The van der Waals surface area contributed by atoms with Gasteiger partial charge in [-0.15, -0.1) is 0 Å². The minimum atomic E-state index is -0.685. The van der Waals surface area contributed by atoms with Crippen LogP contribution in [0, 0.1) is 0 Å². The first kappa shape index (κ1) is 16.3. The first-order valence-electron chi connectivity index (χ1n) is 8.19. The fourth-order valence-electron chi connectivity index (χ4n) is 2.79. The standard InChI is InChI=1S/C19H22N2O3/c1-2-14-7-9-16(10-8-14)24-13-15(22)11-21-12-19(23)20-17-5-3-4-6-18(17)21/h3-10,15,22H,2,11-13H2,1H3,(H,20,23)/t15-/m0/s1. The van der Waals surface area contributed by atoms with Crippen LogP contribution in [0.1, 0.15) is 12.5 Å². The third-order valence-corrected chi connectivity index (χ3v) is 4.06. The van der Waals surface area contributed by atoms with Gasteiger partial charge in [0.25, 0.3) is 0 Å². The van der Waals surface area contributed by atoms with Gasteiger partial charge >= 0.3 is 0 Å². The van der Waals surface area contributed by atoms with E-state index < -0.39 is 6.10 Å². The molecule has 0 spiro atoms. The molecule has 0 bridgehead atoms. The van der Waals surface area contributed by atoms with Crippen LogP contribution < -0.4 is 15.0 Å². The molecule has 2 aromatic carbocycles. The van der Waals surface area contributed by atoms with Crippen LogP contribution in [0.3, 0.4) is 0 Å². The maximum absolute atomic E-state index is 11.8. The van der Waals surface area contributed by atoms with Gasteiger partial charge in [0.05, 0.1) is 17.9 Å². The van der Waals surface area contributed by atoms with Gasteiger partial charge in [-0.25, -0.2) is 0 Å². The highest BCUT2D eigenvalue weighted by Crippen LogP contribution is 2.28. The summed E-state index contributed by atoms with van der Waals surface area (Å²) in [4.78, 5) is 13.7. The molecule has 5 nitrogen and oxygen atoms in total. The topological polar surface area (TPSA) is 61.8 Å². The minimum absolute atomic E-state index is 0.0722. The Balaban J connectivity index is 1.58. The van der Waals surface area contributed by atoms with Crippen molar-refractivity contribution in [1.82, 2.24) is 0 Å². The van der Waals surface area contributed by atoms with Gasteiger partial charge in [0.2, 0.25) is 5.91 Å². The van der Waals surface area contributed by atoms with E-state index in [1.54, 1.807) is 0 Å². The van der Waals surface area contributed by atoms with E-state index in [0.29, 0.717) is 6.54 Å². The van der Waals surface area contributed by atoms with Crippen LogP contribution in [0.15, 0.2) is 48.5 Å². The lowest BCUT2D eigenvalue weighted by Gasteiger charge is -2.32. The number of hydrogen-bond donors (Lipinski definition) is 2. The van der Waals surface area contributed by atoms with Crippen LogP contribution in [-0.4, -0.2) is 36.8 Å². The Morgan fingerprint density at radius 3 is 2.71 bits per heavy atom. The van der Waals surface area contributed by atoms with Crippen molar-refractivity contribution < 1.29 is 14.6 Å². The Morgan fingerprint density at radius 1 is 1.21 bits per heavy atom. The van der Waals surface area contributed by atoms with Crippen LogP contribution in [0.5, 0.6) is 5.75 Å². The monoisotopic (exact) mass is 326 g/mol. The van der Waals surface area contributed by atoms with E-state index in [2.05, 4.69) is 12.2 Å². The number of anilines is 2. The van der Waals surface area contributed by atoms with E-state index in [-0.39, 0.29) is 19.1 Å². The number of amides is 1. The summed E-state index contributed by atoms with van der Waals surface area (Å²) in [6, 6.07) is 15.5.